The Hall–Kier alpha value is -1.51. The van der Waals surface area contributed by atoms with Crippen molar-refractivity contribution in [2.45, 2.75) is 23.5 Å². The van der Waals surface area contributed by atoms with Crippen molar-refractivity contribution in [2.24, 2.45) is 5.10 Å². The maximum absolute atomic E-state index is 12.1. The van der Waals surface area contributed by atoms with E-state index in [1.807, 2.05) is 11.5 Å². The summed E-state index contributed by atoms with van der Waals surface area (Å²) in [5, 5.41) is 4.95. The lowest BCUT2D eigenvalue weighted by molar-refractivity contribution is 0.584. The van der Waals surface area contributed by atoms with Gasteiger partial charge in [0.15, 0.2) is 10.3 Å². The fraction of sp³-hybridized carbons (Fsp3) is 0.231. The molecule has 9 heteroatoms. The summed E-state index contributed by atoms with van der Waals surface area (Å²) in [6, 6.07) is 6.53. The second-order valence-corrected chi connectivity index (χ2v) is 7.82. The van der Waals surface area contributed by atoms with Crippen LogP contribution in [0.3, 0.4) is 0 Å². The molecule has 0 fully saturated rings. The lowest BCUT2D eigenvalue weighted by Crippen LogP contribution is -2.18. The van der Waals surface area contributed by atoms with E-state index in [9.17, 15) is 8.42 Å². The molecule has 0 amide bonds. The molecule has 3 rings (SSSR count). The van der Waals surface area contributed by atoms with Gasteiger partial charge in [0.2, 0.25) is 0 Å². The predicted molar refractivity (Wildman–Crippen MR) is 87.1 cm³/mol. The normalized spacial score (nSPS) is 14.5. The minimum atomic E-state index is -3.68. The topological polar surface area (TPSA) is 76.3 Å². The quantitative estimate of drug-likeness (QED) is 0.673. The average molecular weight is 357 g/mol. The van der Waals surface area contributed by atoms with Crippen LogP contribution < -0.4 is 4.83 Å². The number of fused-ring (bicyclic) bond motifs is 1. The Bertz CT molecular complexity index is 828. The minimum absolute atomic E-state index is 0.162. The van der Waals surface area contributed by atoms with Crippen LogP contribution in [0.1, 0.15) is 11.3 Å². The molecular formula is C13H13ClN4O2S2. The molecule has 2 aromatic rings. The van der Waals surface area contributed by atoms with Crippen molar-refractivity contribution in [1.29, 1.82) is 0 Å². The van der Waals surface area contributed by atoms with Crippen LogP contribution in [0.4, 0.5) is 0 Å². The molecule has 1 aromatic carbocycles. The Morgan fingerprint density at radius 2 is 2.14 bits per heavy atom. The van der Waals surface area contributed by atoms with E-state index >= 15 is 0 Å². The summed E-state index contributed by atoms with van der Waals surface area (Å²) >= 11 is 7.64. The fourth-order valence-electron chi connectivity index (χ4n) is 2.02. The number of hydrogen-bond donors (Lipinski definition) is 1. The van der Waals surface area contributed by atoms with Crippen LogP contribution in [0.2, 0.25) is 5.15 Å². The summed E-state index contributed by atoms with van der Waals surface area (Å²) in [6.45, 7) is 2.67. The van der Waals surface area contributed by atoms with Crippen LogP contribution in [-0.2, 0) is 16.6 Å². The van der Waals surface area contributed by atoms with Gasteiger partial charge in [-0.2, -0.15) is 13.5 Å². The third kappa shape index (κ3) is 2.99. The first-order valence-corrected chi connectivity index (χ1v) is 9.32. The largest absolute Gasteiger partial charge is 0.316 e. The third-order valence-electron chi connectivity index (χ3n) is 3.16. The number of hydrazone groups is 1. The van der Waals surface area contributed by atoms with Crippen molar-refractivity contribution < 1.29 is 8.42 Å². The van der Waals surface area contributed by atoms with Gasteiger partial charge in [-0.15, -0.1) is 0 Å². The number of sulfonamides is 1. The van der Waals surface area contributed by atoms with E-state index in [0.717, 1.165) is 23.0 Å². The zero-order chi connectivity index (χ0) is 15.7. The van der Waals surface area contributed by atoms with Crippen molar-refractivity contribution in [2.75, 3.05) is 5.75 Å². The van der Waals surface area contributed by atoms with Gasteiger partial charge in [-0.1, -0.05) is 41.1 Å². The number of hydrogen-bond acceptors (Lipinski definition) is 5. The minimum Gasteiger partial charge on any atom is -0.316 e. The van der Waals surface area contributed by atoms with Gasteiger partial charge in [0.1, 0.15) is 5.69 Å². The molecule has 0 bridgehead atoms. The predicted octanol–water partition coefficient (Wildman–Crippen LogP) is 2.26. The molecule has 0 saturated heterocycles. The van der Waals surface area contributed by atoms with Crippen LogP contribution in [0, 0.1) is 6.92 Å². The van der Waals surface area contributed by atoms with Crippen LogP contribution in [-0.4, -0.2) is 29.9 Å². The molecule has 0 unspecified atom stereocenters. The standard InChI is InChI=1S/C13H13ClN4O2S2/c1-9-2-4-10(5-3-9)22(19,20)17-15-8-11-12(14)16-13-18(11)6-7-21-13/h2-5,8,17H,6-7H2,1H3. The van der Waals surface area contributed by atoms with Gasteiger partial charge in [-0.3, -0.25) is 0 Å². The molecule has 0 saturated carbocycles. The summed E-state index contributed by atoms with van der Waals surface area (Å²) in [5.74, 6) is 0.926. The van der Waals surface area contributed by atoms with Gasteiger partial charge in [0, 0.05) is 12.3 Å². The van der Waals surface area contributed by atoms with Gasteiger partial charge >= 0.3 is 0 Å². The number of aryl methyl sites for hydroxylation is 1. The number of nitrogens with one attached hydrogen (secondary N) is 1. The second-order valence-electron chi connectivity index (χ2n) is 4.74. The average Bonchev–Trinajstić information content (AvgIpc) is 3.02. The number of aromatic nitrogens is 2. The van der Waals surface area contributed by atoms with E-state index in [0.29, 0.717) is 10.8 Å². The van der Waals surface area contributed by atoms with Gasteiger partial charge in [0.25, 0.3) is 10.0 Å². The highest BCUT2D eigenvalue weighted by Crippen LogP contribution is 2.29. The lowest BCUT2D eigenvalue weighted by Gasteiger charge is -2.04. The Labute approximate surface area is 137 Å². The smallest absolute Gasteiger partial charge is 0.276 e. The zero-order valence-electron chi connectivity index (χ0n) is 11.7. The van der Waals surface area contributed by atoms with E-state index in [2.05, 4.69) is 14.9 Å². The summed E-state index contributed by atoms with van der Waals surface area (Å²) in [6.07, 6.45) is 1.39. The molecule has 2 heterocycles. The second kappa shape index (κ2) is 5.94. The monoisotopic (exact) mass is 356 g/mol. The summed E-state index contributed by atoms with van der Waals surface area (Å²) in [5.41, 5.74) is 1.59. The van der Waals surface area contributed by atoms with E-state index in [4.69, 9.17) is 11.6 Å². The molecule has 0 atom stereocenters. The molecule has 22 heavy (non-hydrogen) atoms. The molecule has 0 radical (unpaired) electrons. The zero-order valence-corrected chi connectivity index (χ0v) is 14.0. The van der Waals surface area contributed by atoms with Crippen molar-refractivity contribution in [1.82, 2.24) is 14.4 Å². The van der Waals surface area contributed by atoms with Crippen molar-refractivity contribution in [3.05, 3.63) is 40.7 Å². The van der Waals surface area contributed by atoms with Crippen molar-refractivity contribution >= 4 is 39.6 Å². The Morgan fingerprint density at radius 1 is 1.41 bits per heavy atom. The number of imidazole rings is 1. The van der Waals surface area contributed by atoms with E-state index < -0.39 is 10.0 Å². The highest BCUT2D eigenvalue weighted by molar-refractivity contribution is 7.99. The first kappa shape index (κ1) is 15.4. The van der Waals surface area contributed by atoms with Crippen LogP contribution in [0.25, 0.3) is 0 Å². The number of rotatable bonds is 4. The number of benzene rings is 1. The summed E-state index contributed by atoms with van der Waals surface area (Å²) < 4.78 is 26.1. The maximum Gasteiger partial charge on any atom is 0.276 e. The molecule has 1 aliphatic heterocycles. The first-order valence-electron chi connectivity index (χ1n) is 6.48. The Kier molecular flexibility index (Phi) is 4.16. The molecule has 0 spiro atoms. The van der Waals surface area contributed by atoms with Crippen LogP contribution in [0.5, 0.6) is 0 Å². The lowest BCUT2D eigenvalue weighted by atomic mass is 10.2. The first-order chi connectivity index (χ1) is 10.5. The van der Waals surface area contributed by atoms with E-state index in [-0.39, 0.29) is 4.90 Å². The van der Waals surface area contributed by atoms with Gasteiger partial charge in [0.05, 0.1) is 11.1 Å². The summed E-state index contributed by atoms with van der Waals surface area (Å²) in [4.78, 5) is 6.55. The third-order valence-corrected chi connectivity index (χ3v) is 5.64. The molecule has 6 nitrogen and oxygen atoms in total. The number of thioether (sulfide) groups is 1. The Morgan fingerprint density at radius 3 is 2.86 bits per heavy atom. The van der Waals surface area contributed by atoms with Crippen molar-refractivity contribution in [3.8, 4) is 0 Å². The number of halogens is 1. The highest BCUT2D eigenvalue weighted by atomic mass is 35.5. The van der Waals surface area contributed by atoms with Gasteiger partial charge in [-0.05, 0) is 19.1 Å². The molecule has 1 N–H and O–H groups in total. The van der Waals surface area contributed by atoms with Crippen LogP contribution in [0.15, 0.2) is 39.4 Å². The molecule has 1 aromatic heterocycles. The summed E-state index contributed by atoms with van der Waals surface area (Å²) in [7, 11) is -3.68. The van der Waals surface area contributed by atoms with Gasteiger partial charge < -0.3 is 4.57 Å². The van der Waals surface area contributed by atoms with E-state index in [1.54, 1.807) is 23.9 Å². The molecule has 1 aliphatic rings. The van der Waals surface area contributed by atoms with Crippen LogP contribution >= 0.6 is 23.4 Å². The fourth-order valence-corrected chi connectivity index (χ4v) is 4.05. The van der Waals surface area contributed by atoms with Crippen molar-refractivity contribution in [3.63, 3.8) is 0 Å². The van der Waals surface area contributed by atoms with Gasteiger partial charge in [-0.25, -0.2) is 9.82 Å². The van der Waals surface area contributed by atoms with E-state index in [1.165, 1.54) is 18.3 Å². The number of nitrogens with zero attached hydrogens (tertiary/aromatic N) is 3. The Balaban J connectivity index is 1.78. The molecule has 0 aliphatic carbocycles. The highest BCUT2D eigenvalue weighted by Gasteiger charge is 2.19. The maximum atomic E-state index is 12.1. The molecular weight excluding hydrogens is 344 g/mol. The SMILES string of the molecule is Cc1ccc(S(=O)(=O)NN=Cc2c(Cl)nc3n2CCS3)cc1. The molecule has 116 valence electrons.